The van der Waals surface area contributed by atoms with Crippen LogP contribution in [-0.2, 0) is 0 Å². The number of anilines is 1. The molecule has 0 amide bonds. The zero-order valence-corrected chi connectivity index (χ0v) is 12.5. The lowest BCUT2D eigenvalue weighted by Crippen LogP contribution is -1.94. The van der Waals surface area contributed by atoms with Gasteiger partial charge in [-0.25, -0.2) is 4.99 Å². The highest BCUT2D eigenvalue weighted by molar-refractivity contribution is 6.37. The van der Waals surface area contributed by atoms with Crippen LogP contribution < -0.4 is 5.32 Å². The summed E-state index contributed by atoms with van der Waals surface area (Å²) in [5, 5.41) is 5.10. The highest BCUT2D eigenvalue weighted by Gasteiger charge is 2.00. The zero-order valence-electron chi connectivity index (χ0n) is 9.50. The Hall–Kier alpha value is -0.930. The highest BCUT2D eigenvalue weighted by Crippen LogP contribution is 2.28. The van der Waals surface area contributed by atoms with Crippen molar-refractivity contribution in [2.45, 2.75) is 0 Å². The van der Waals surface area contributed by atoms with E-state index in [-0.39, 0.29) is 0 Å². The molecule has 0 saturated carbocycles. The van der Waals surface area contributed by atoms with Crippen LogP contribution in [0.25, 0.3) is 0 Å². The first-order valence-corrected chi connectivity index (χ1v) is 6.76. The number of hydrogen-bond acceptors (Lipinski definition) is 1. The second-order valence-electron chi connectivity index (χ2n) is 3.62. The average Bonchev–Trinajstić information content (AvgIpc) is 2.34. The Morgan fingerprint density at radius 3 is 2.11 bits per heavy atom. The summed E-state index contributed by atoms with van der Waals surface area (Å²) in [6.07, 6.45) is 1.50. The lowest BCUT2D eigenvalue weighted by atomic mass is 10.3. The molecule has 0 fully saturated rings. The molecule has 98 valence electrons. The number of halogens is 4. The van der Waals surface area contributed by atoms with Crippen LogP contribution in [-0.4, -0.2) is 6.34 Å². The summed E-state index contributed by atoms with van der Waals surface area (Å²) in [4.78, 5) is 4.19. The van der Waals surface area contributed by atoms with E-state index < -0.39 is 0 Å². The summed E-state index contributed by atoms with van der Waals surface area (Å²) in [7, 11) is 0. The van der Waals surface area contributed by atoms with Gasteiger partial charge in [0.2, 0.25) is 0 Å². The molecule has 0 aromatic heterocycles. The van der Waals surface area contributed by atoms with Gasteiger partial charge in [0.15, 0.2) is 0 Å². The van der Waals surface area contributed by atoms with Crippen molar-refractivity contribution in [3.63, 3.8) is 0 Å². The molecule has 1 N–H and O–H groups in total. The second kappa shape index (κ2) is 6.49. The number of nitrogens with one attached hydrogen (secondary N) is 1. The Labute approximate surface area is 131 Å². The number of nitrogens with zero attached hydrogens (tertiary/aromatic N) is 1. The van der Waals surface area contributed by atoms with Crippen molar-refractivity contribution in [1.29, 1.82) is 0 Å². The van der Waals surface area contributed by atoms with Crippen LogP contribution in [0.4, 0.5) is 11.4 Å². The topological polar surface area (TPSA) is 24.4 Å². The van der Waals surface area contributed by atoms with Gasteiger partial charge in [0.05, 0.1) is 27.8 Å². The van der Waals surface area contributed by atoms with Crippen molar-refractivity contribution in [3.05, 3.63) is 56.5 Å². The molecule has 6 heteroatoms. The summed E-state index contributed by atoms with van der Waals surface area (Å²) < 4.78 is 0. The molecule has 2 aromatic rings. The van der Waals surface area contributed by atoms with Gasteiger partial charge in [-0.1, -0.05) is 46.4 Å². The van der Waals surface area contributed by atoms with Gasteiger partial charge in [-0.2, -0.15) is 0 Å². The minimum atomic E-state index is 0.479. The van der Waals surface area contributed by atoms with Crippen molar-refractivity contribution in [3.8, 4) is 0 Å². The Bertz CT molecular complexity index is 626. The van der Waals surface area contributed by atoms with Crippen molar-refractivity contribution in [2.24, 2.45) is 4.99 Å². The maximum atomic E-state index is 6.01. The third-order valence-electron chi connectivity index (χ3n) is 2.26. The van der Waals surface area contributed by atoms with Crippen LogP contribution in [0.3, 0.4) is 0 Å². The van der Waals surface area contributed by atoms with Crippen LogP contribution in [0.2, 0.25) is 20.1 Å². The SMILES string of the molecule is Clc1ccc(N=CNc2ccc(Cl)cc2Cl)c(Cl)c1. The van der Waals surface area contributed by atoms with Crippen LogP contribution in [0.5, 0.6) is 0 Å². The van der Waals surface area contributed by atoms with Crippen molar-refractivity contribution in [1.82, 2.24) is 0 Å². The summed E-state index contributed by atoms with van der Waals surface area (Å²) in [6, 6.07) is 10.2. The predicted molar refractivity (Wildman–Crippen MR) is 84.7 cm³/mol. The first-order valence-electron chi connectivity index (χ1n) is 5.25. The fourth-order valence-electron chi connectivity index (χ4n) is 1.36. The quantitative estimate of drug-likeness (QED) is 0.534. The third kappa shape index (κ3) is 4.02. The van der Waals surface area contributed by atoms with E-state index in [2.05, 4.69) is 10.3 Å². The molecule has 0 saturated heterocycles. The molecule has 0 aliphatic rings. The Morgan fingerprint density at radius 1 is 0.842 bits per heavy atom. The van der Waals surface area contributed by atoms with Gasteiger partial charge in [-0.15, -0.1) is 0 Å². The summed E-state index contributed by atoms with van der Waals surface area (Å²) >= 11 is 23.6. The smallest absolute Gasteiger partial charge is 0.0931 e. The maximum Gasteiger partial charge on any atom is 0.0931 e. The van der Waals surface area contributed by atoms with Crippen molar-refractivity contribution in [2.75, 3.05) is 5.32 Å². The molecule has 0 bridgehead atoms. The summed E-state index contributed by atoms with van der Waals surface area (Å²) in [6.45, 7) is 0. The fourth-order valence-corrected chi connectivity index (χ4v) is 2.28. The minimum Gasteiger partial charge on any atom is -0.345 e. The monoisotopic (exact) mass is 332 g/mol. The Morgan fingerprint density at radius 2 is 1.47 bits per heavy atom. The molecule has 0 radical (unpaired) electrons. The lowest BCUT2D eigenvalue weighted by Gasteiger charge is -2.04. The van der Waals surface area contributed by atoms with Crippen LogP contribution in [0.15, 0.2) is 41.4 Å². The molecule has 0 spiro atoms. The molecule has 0 aliphatic carbocycles. The van der Waals surface area contributed by atoms with Gasteiger partial charge >= 0.3 is 0 Å². The largest absolute Gasteiger partial charge is 0.345 e. The van der Waals surface area contributed by atoms with Gasteiger partial charge in [0.1, 0.15) is 0 Å². The van der Waals surface area contributed by atoms with E-state index in [0.29, 0.717) is 31.5 Å². The van der Waals surface area contributed by atoms with Gasteiger partial charge in [0, 0.05) is 10.0 Å². The average molecular weight is 334 g/mol. The van der Waals surface area contributed by atoms with Crippen molar-refractivity contribution >= 4 is 64.1 Å². The van der Waals surface area contributed by atoms with Gasteiger partial charge in [-0.3, -0.25) is 0 Å². The van der Waals surface area contributed by atoms with E-state index in [1.165, 1.54) is 6.34 Å². The molecule has 19 heavy (non-hydrogen) atoms. The number of aliphatic imine (C=N–C) groups is 1. The number of rotatable bonds is 3. The first-order chi connectivity index (χ1) is 9.06. The molecule has 2 nitrogen and oxygen atoms in total. The van der Waals surface area contributed by atoms with Crippen LogP contribution >= 0.6 is 46.4 Å². The third-order valence-corrected chi connectivity index (χ3v) is 3.35. The zero-order chi connectivity index (χ0) is 13.8. The lowest BCUT2D eigenvalue weighted by molar-refractivity contribution is 1.52. The Balaban J connectivity index is 2.11. The molecule has 0 atom stereocenters. The normalized spacial score (nSPS) is 10.9. The van der Waals surface area contributed by atoms with Crippen LogP contribution in [0, 0.1) is 0 Å². The van der Waals surface area contributed by atoms with Crippen LogP contribution in [0.1, 0.15) is 0 Å². The minimum absolute atomic E-state index is 0.479. The highest BCUT2D eigenvalue weighted by atomic mass is 35.5. The molecule has 0 aliphatic heterocycles. The number of benzene rings is 2. The molecular weight excluding hydrogens is 326 g/mol. The molecule has 0 unspecified atom stereocenters. The van der Waals surface area contributed by atoms with E-state index >= 15 is 0 Å². The fraction of sp³-hybridized carbons (Fsp3) is 0. The predicted octanol–water partition coefficient (Wildman–Crippen LogP) is 6.07. The molecule has 2 aromatic carbocycles. The van der Waals surface area contributed by atoms with E-state index in [1.807, 2.05) is 0 Å². The van der Waals surface area contributed by atoms with E-state index in [4.69, 9.17) is 46.4 Å². The van der Waals surface area contributed by atoms with Gasteiger partial charge in [0.25, 0.3) is 0 Å². The summed E-state index contributed by atoms with van der Waals surface area (Å²) in [5.41, 5.74) is 1.32. The maximum absolute atomic E-state index is 6.01. The molecule has 2 rings (SSSR count). The van der Waals surface area contributed by atoms with E-state index in [1.54, 1.807) is 36.4 Å². The Kier molecular flexibility index (Phi) is 4.94. The standard InChI is InChI=1S/C13H8Cl4N2/c14-8-1-3-12(10(16)5-8)18-7-19-13-4-2-9(15)6-11(13)17/h1-7H,(H,18,19). The van der Waals surface area contributed by atoms with E-state index in [0.717, 1.165) is 0 Å². The van der Waals surface area contributed by atoms with Crippen molar-refractivity contribution < 1.29 is 0 Å². The molecule has 0 heterocycles. The molecular formula is C13H8Cl4N2. The first kappa shape index (κ1) is 14.5. The van der Waals surface area contributed by atoms with Gasteiger partial charge in [-0.05, 0) is 36.4 Å². The summed E-state index contributed by atoms with van der Waals surface area (Å²) in [5.74, 6) is 0. The van der Waals surface area contributed by atoms with Gasteiger partial charge < -0.3 is 5.32 Å². The second-order valence-corrected chi connectivity index (χ2v) is 5.31. The van der Waals surface area contributed by atoms with E-state index in [9.17, 15) is 0 Å². The number of hydrogen-bond donors (Lipinski definition) is 1.